The van der Waals surface area contributed by atoms with Crippen LogP contribution in [0.25, 0.3) is 10.9 Å². The van der Waals surface area contributed by atoms with Crippen molar-refractivity contribution >= 4 is 34.0 Å². The number of ether oxygens (including phenoxy) is 2. The van der Waals surface area contributed by atoms with Gasteiger partial charge in [0.2, 0.25) is 0 Å². The van der Waals surface area contributed by atoms with Gasteiger partial charge in [-0.05, 0) is 18.2 Å². The summed E-state index contributed by atoms with van der Waals surface area (Å²) in [5, 5.41) is 13.8. The van der Waals surface area contributed by atoms with Gasteiger partial charge in [0, 0.05) is 30.7 Å². The Kier molecular flexibility index (Phi) is 4.96. The van der Waals surface area contributed by atoms with Crippen molar-refractivity contribution in [3.05, 3.63) is 47.5 Å². The molecular weight excluding hydrogens is 373 g/mol. The highest BCUT2D eigenvalue weighted by atomic mass is 35.5. The highest BCUT2D eigenvalue weighted by Gasteiger charge is 2.19. The number of phenolic OH excluding ortho intramolecular Hbond substituents is 1. The Morgan fingerprint density at radius 1 is 1.19 bits per heavy atom. The van der Waals surface area contributed by atoms with Gasteiger partial charge in [-0.3, -0.25) is 0 Å². The topological polar surface area (TPSA) is 76.5 Å². The van der Waals surface area contributed by atoms with E-state index in [1.165, 1.54) is 24.5 Å². The number of hydrogen-bond acceptors (Lipinski definition) is 6. The summed E-state index contributed by atoms with van der Waals surface area (Å²) >= 11 is 5.86. The normalized spacial score (nSPS) is 15.0. The van der Waals surface area contributed by atoms with Crippen LogP contribution in [-0.2, 0) is 4.74 Å². The van der Waals surface area contributed by atoms with Gasteiger partial charge in [0.05, 0.1) is 29.1 Å². The van der Waals surface area contributed by atoms with Gasteiger partial charge in [0.15, 0.2) is 0 Å². The second kappa shape index (κ2) is 7.54. The maximum atomic E-state index is 13.4. The fraction of sp³-hybridized carbons (Fsp3) is 0.263. The zero-order valence-corrected chi connectivity index (χ0v) is 15.0. The molecule has 0 amide bonds. The summed E-state index contributed by atoms with van der Waals surface area (Å²) in [6.07, 6.45) is 2.90. The van der Waals surface area contributed by atoms with Gasteiger partial charge < -0.3 is 19.9 Å². The van der Waals surface area contributed by atoms with Crippen LogP contribution in [0.5, 0.6) is 11.5 Å². The van der Waals surface area contributed by atoms with E-state index in [0.717, 1.165) is 12.8 Å². The lowest BCUT2D eigenvalue weighted by atomic mass is 10.1. The Bertz CT molecular complexity index is 980. The van der Waals surface area contributed by atoms with E-state index in [2.05, 4.69) is 15.3 Å². The van der Waals surface area contributed by atoms with Gasteiger partial charge in [0.1, 0.15) is 35.6 Å². The maximum absolute atomic E-state index is 13.4. The number of fused-ring (bicyclic) bond motifs is 1. The fourth-order valence-corrected chi connectivity index (χ4v) is 3.19. The van der Waals surface area contributed by atoms with Crippen LogP contribution in [-0.4, -0.2) is 34.4 Å². The molecule has 3 aromatic rings. The average molecular weight is 390 g/mol. The monoisotopic (exact) mass is 389 g/mol. The van der Waals surface area contributed by atoms with E-state index in [9.17, 15) is 9.50 Å². The second-order valence-corrected chi connectivity index (χ2v) is 6.65. The van der Waals surface area contributed by atoms with Crippen molar-refractivity contribution in [2.45, 2.75) is 18.9 Å². The first-order valence-electron chi connectivity index (χ1n) is 8.54. The molecule has 1 aliphatic heterocycles. The molecule has 0 radical (unpaired) electrons. The predicted octanol–water partition coefficient (Wildman–Crippen LogP) is 4.43. The van der Waals surface area contributed by atoms with E-state index < -0.39 is 5.82 Å². The zero-order chi connectivity index (χ0) is 18.8. The first-order chi connectivity index (χ1) is 13.1. The van der Waals surface area contributed by atoms with E-state index in [0.29, 0.717) is 41.4 Å². The molecule has 1 aliphatic rings. The van der Waals surface area contributed by atoms with Crippen molar-refractivity contribution in [1.82, 2.24) is 9.97 Å². The van der Waals surface area contributed by atoms with Crippen LogP contribution in [0.3, 0.4) is 0 Å². The molecule has 0 aliphatic carbocycles. The summed E-state index contributed by atoms with van der Waals surface area (Å²) in [7, 11) is 0. The highest BCUT2D eigenvalue weighted by molar-refractivity contribution is 6.31. The molecule has 0 spiro atoms. The van der Waals surface area contributed by atoms with Crippen LogP contribution >= 0.6 is 11.6 Å². The van der Waals surface area contributed by atoms with Crippen molar-refractivity contribution in [2.75, 3.05) is 18.5 Å². The van der Waals surface area contributed by atoms with E-state index in [1.54, 1.807) is 12.1 Å². The van der Waals surface area contributed by atoms with Crippen LogP contribution in [0.4, 0.5) is 15.9 Å². The Morgan fingerprint density at radius 3 is 2.78 bits per heavy atom. The molecule has 1 fully saturated rings. The molecule has 2 aromatic carbocycles. The first-order valence-corrected chi connectivity index (χ1v) is 8.92. The lowest BCUT2D eigenvalue weighted by Crippen LogP contribution is -2.26. The molecule has 0 unspecified atom stereocenters. The number of halogens is 2. The smallest absolute Gasteiger partial charge is 0.145 e. The van der Waals surface area contributed by atoms with Gasteiger partial charge in [-0.15, -0.1) is 0 Å². The van der Waals surface area contributed by atoms with E-state index >= 15 is 0 Å². The molecule has 27 heavy (non-hydrogen) atoms. The molecule has 2 N–H and O–H groups in total. The molecule has 0 bridgehead atoms. The number of hydrogen-bond donors (Lipinski definition) is 2. The summed E-state index contributed by atoms with van der Waals surface area (Å²) in [6.45, 7) is 1.27. The van der Waals surface area contributed by atoms with Gasteiger partial charge in [0.25, 0.3) is 0 Å². The third-order valence-electron chi connectivity index (χ3n) is 4.33. The molecular formula is C19H17ClFN3O3. The number of phenols is 1. The number of aromatic hydroxyl groups is 1. The fourth-order valence-electron chi connectivity index (χ4n) is 3.01. The summed E-state index contributed by atoms with van der Waals surface area (Å²) in [5.74, 6) is 0.514. The molecule has 4 rings (SSSR count). The third-order valence-corrected chi connectivity index (χ3v) is 4.62. The summed E-state index contributed by atoms with van der Waals surface area (Å²) in [4.78, 5) is 8.52. The lowest BCUT2D eigenvalue weighted by molar-refractivity contribution is 0.0261. The minimum Gasteiger partial charge on any atom is -0.508 e. The van der Waals surface area contributed by atoms with Crippen LogP contribution in [0.1, 0.15) is 12.8 Å². The van der Waals surface area contributed by atoms with Crippen LogP contribution in [0.2, 0.25) is 5.02 Å². The van der Waals surface area contributed by atoms with Crippen molar-refractivity contribution in [2.24, 2.45) is 0 Å². The molecule has 6 nitrogen and oxygen atoms in total. The van der Waals surface area contributed by atoms with E-state index in [-0.39, 0.29) is 16.9 Å². The van der Waals surface area contributed by atoms with Crippen LogP contribution < -0.4 is 10.1 Å². The lowest BCUT2D eigenvalue weighted by Gasteiger charge is -2.24. The SMILES string of the molecule is Oc1cc(OC2CCOCC2)c2c(Nc3ccc(F)c(Cl)c3)ncnc2c1. The summed E-state index contributed by atoms with van der Waals surface area (Å²) < 4.78 is 24.9. The predicted molar refractivity (Wildman–Crippen MR) is 100 cm³/mol. The number of rotatable bonds is 4. The molecule has 0 atom stereocenters. The van der Waals surface area contributed by atoms with Gasteiger partial charge in [-0.25, -0.2) is 14.4 Å². The van der Waals surface area contributed by atoms with E-state index in [1.807, 2.05) is 0 Å². The Morgan fingerprint density at radius 2 is 2.00 bits per heavy atom. The average Bonchev–Trinajstić information content (AvgIpc) is 2.65. The Labute approximate surface area is 159 Å². The van der Waals surface area contributed by atoms with Crippen molar-refractivity contribution in [3.63, 3.8) is 0 Å². The van der Waals surface area contributed by atoms with Crippen LogP contribution in [0, 0.1) is 5.82 Å². The molecule has 2 heterocycles. The second-order valence-electron chi connectivity index (χ2n) is 6.24. The van der Waals surface area contributed by atoms with Crippen molar-refractivity contribution in [1.29, 1.82) is 0 Å². The molecule has 0 saturated carbocycles. The number of anilines is 2. The van der Waals surface area contributed by atoms with Gasteiger partial charge >= 0.3 is 0 Å². The van der Waals surface area contributed by atoms with E-state index in [4.69, 9.17) is 21.1 Å². The Balaban J connectivity index is 1.74. The van der Waals surface area contributed by atoms with Crippen molar-refractivity contribution < 1.29 is 19.0 Å². The largest absolute Gasteiger partial charge is 0.508 e. The van der Waals surface area contributed by atoms with Crippen molar-refractivity contribution in [3.8, 4) is 11.5 Å². The summed E-state index contributed by atoms with van der Waals surface area (Å²) in [5.41, 5.74) is 1.11. The zero-order valence-electron chi connectivity index (χ0n) is 14.3. The number of benzene rings is 2. The number of nitrogens with zero attached hydrogens (tertiary/aromatic N) is 2. The highest BCUT2D eigenvalue weighted by Crippen LogP contribution is 2.36. The molecule has 8 heteroatoms. The van der Waals surface area contributed by atoms with Crippen LogP contribution in [0.15, 0.2) is 36.7 Å². The minimum absolute atomic E-state index is 0.00897. The summed E-state index contributed by atoms with van der Waals surface area (Å²) in [6, 6.07) is 7.40. The van der Waals surface area contributed by atoms with Gasteiger partial charge in [-0.2, -0.15) is 0 Å². The molecule has 1 aromatic heterocycles. The first kappa shape index (κ1) is 17.8. The Hall–Kier alpha value is -2.64. The minimum atomic E-state index is -0.497. The number of aromatic nitrogens is 2. The van der Waals surface area contributed by atoms with Gasteiger partial charge in [-0.1, -0.05) is 11.6 Å². The quantitative estimate of drug-likeness (QED) is 0.687. The maximum Gasteiger partial charge on any atom is 0.145 e. The molecule has 1 saturated heterocycles. The molecule has 140 valence electrons. The number of nitrogens with one attached hydrogen (secondary N) is 1. The standard InChI is InChI=1S/C19H17ClFN3O3/c20-14-7-11(1-2-15(14)21)24-19-18-16(22-10-23-19)8-12(25)9-17(18)27-13-3-5-26-6-4-13/h1-2,7-10,13,25H,3-6H2,(H,22,23,24). The third kappa shape index (κ3) is 3.89.